The van der Waals surface area contributed by atoms with Crippen LogP contribution >= 0.6 is 11.8 Å². The Morgan fingerprint density at radius 3 is 3.00 bits per heavy atom. The molecule has 0 saturated carbocycles. The molecule has 16 heavy (non-hydrogen) atoms. The number of azide groups is 1. The van der Waals surface area contributed by atoms with E-state index >= 15 is 0 Å². The Hall–Kier alpha value is -0.790. The zero-order valence-electron chi connectivity index (χ0n) is 8.59. The molecule has 0 bridgehead atoms. The topological polar surface area (TPSA) is 111 Å². The highest BCUT2D eigenvalue weighted by Gasteiger charge is 2.47. The fourth-order valence-electron chi connectivity index (χ4n) is 1.83. The first-order valence-electron chi connectivity index (χ1n) is 4.87. The van der Waals surface area contributed by atoms with Gasteiger partial charge >= 0.3 is 0 Å². The monoisotopic (exact) mass is 244 g/mol. The summed E-state index contributed by atoms with van der Waals surface area (Å²) in [5, 5.41) is 23.8. The van der Waals surface area contributed by atoms with E-state index in [2.05, 4.69) is 15.0 Å². The van der Waals surface area contributed by atoms with Crippen molar-refractivity contribution >= 4 is 16.8 Å². The van der Waals surface area contributed by atoms with Gasteiger partial charge in [-0.15, -0.1) is 0 Å². The van der Waals surface area contributed by atoms with E-state index in [1.165, 1.54) is 11.8 Å². The lowest BCUT2D eigenvalue weighted by atomic mass is 9.98. The van der Waals surface area contributed by atoms with Crippen molar-refractivity contribution in [2.24, 2.45) is 10.1 Å². The number of aliphatic imine (C=N–C) groups is 1. The number of ether oxygens (including phenoxy) is 1. The standard InChI is InChI=1S/C8H12N4O3S/c1-3-11-5-7(14)6(13)4(2-10-12-9)15-8(5)16-3/h4-8,13-14H,2H2,1H3/t4-,5-,6-,7-,8-/m1/s1. The minimum absolute atomic E-state index is 0.0115. The molecular weight excluding hydrogens is 232 g/mol. The van der Waals surface area contributed by atoms with Crippen molar-refractivity contribution < 1.29 is 14.9 Å². The summed E-state index contributed by atoms with van der Waals surface area (Å²) in [6.07, 6.45) is -2.70. The first kappa shape index (κ1) is 11.7. The SMILES string of the molecule is CC1=N[C@@H]2[C@@H](O)[C@H](O)[C@@H](CN=[N+]=[N-])O[C@@H]2S1. The molecule has 0 unspecified atom stereocenters. The summed E-state index contributed by atoms with van der Waals surface area (Å²) in [4.78, 5) is 6.80. The molecule has 7 nitrogen and oxygen atoms in total. The van der Waals surface area contributed by atoms with Gasteiger partial charge in [0.2, 0.25) is 0 Å². The van der Waals surface area contributed by atoms with Crippen LogP contribution in [0.4, 0.5) is 0 Å². The van der Waals surface area contributed by atoms with Crippen molar-refractivity contribution in [3.05, 3.63) is 10.4 Å². The molecule has 5 atom stereocenters. The Balaban J connectivity index is 2.10. The van der Waals surface area contributed by atoms with Crippen LogP contribution in [0.1, 0.15) is 6.92 Å². The molecule has 8 heteroatoms. The van der Waals surface area contributed by atoms with Gasteiger partial charge in [0.15, 0.2) is 0 Å². The van der Waals surface area contributed by atoms with Crippen LogP contribution in [0.25, 0.3) is 10.4 Å². The minimum atomic E-state index is -1.07. The van der Waals surface area contributed by atoms with Crippen LogP contribution in [0.5, 0.6) is 0 Å². The maximum atomic E-state index is 9.85. The molecule has 2 aliphatic rings. The van der Waals surface area contributed by atoms with Crippen LogP contribution in [-0.4, -0.2) is 51.6 Å². The molecule has 1 fully saturated rings. The number of hydrogen-bond acceptors (Lipinski definition) is 6. The third-order valence-electron chi connectivity index (χ3n) is 2.61. The molecule has 0 amide bonds. The number of aliphatic hydroxyl groups is 2. The van der Waals surface area contributed by atoms with Crippen molar-refractivity contribution in [2.75, 3.05) is 6.54 Å². The normalized spacial score (nSPS) is 42.2. The first-order valence-corrected chi connectivity index (χ1v) is 5.75. The average Bonchev–Trinajstić information content (AvgIpc) is 2.62. The maximum Gasteiger partial charge on any atom is 0.134 e. The summed E-state index contributed by atoms with van der Waals surface area (Å²) in [5.41, 5.74) is 7.92. The Kier molecular flexibility index (Phi) is 3.36. The summed E-state index contributed by atoms with van der Waals surface area (Å²) in [6, 6.07) is -0.428. The van der Waals surface area contributed by atoms with Crippen molar-refractivity contribution in [1.29, 1.82) is 0 Å². The van der Waals surface area contributed by atoms with Gasteiger partial charge in [-0.3, -0.25) is 4.99 Å². The molecule has 0 aromatic heterocycles. The van der Waals surface area contributed by atoms with E-state index in [0.29, 0.717) is 0 Å². The van der Waals surface area contributed by atoms with Gasteiger partial charge in [-0.05, 0) is 12.5 Å². The van der Waals surface area contributed by atoms with E-state index in [0.717, 1.165) is 5.04 Å². The molecule has 0 aromatic rings. The van der Waals surface area contributed by atoms with Gasteiger partial charge in [0.05, 0.1) is 17.7 Å². The van der Waals surface area contributed by atoms with E-state index < -0.39 is 24.4 Å². The Morgan fingerprint density at radius 2 is 2.31 bits per heavy atom. The second-order valence-corrected chi connectivity index (χ2v) is 4.99. The van der Waals surface area contributed by atoms with E-state index in [-0.39, 0.29) is 12.0 Å². The van der Waals surface area contributed by atoms with Gasteiger partial charge in [0.25, 0.3) is 0 Å². The molecule has 2 rings (SSSR count). The number of aliphatic hydroxyl groups excluding tert-OH is 2. The Bertz CT molecular complexity index is 357. The number of thioether (sulfide) groups is 1. The summed E-state index contributed by atoms with van der Waals surface area (Å²) < 4.78 is 5.54. The van der Waals surface area contributed by atoms with Crippen molar-refractivity contribution in [3.63, 3.8) is 0 Å². The largest absolute Gasteiger partial charge is 0.388 e. The fourth-order valence-corrected chi connectivity index (χ4v) is 2.91. The molecule has 0 spiro atoms. The van der Waals surface area contributed by atoms with Crippen molar-refractivity contribution in [2.45, 2.75) is 36.7 Å². The third kappa shape index (κ3) is 2.02. The predicted molar refractivity (Wildman–Crippen MR) is 59.2 cm³/mol. The molecule has 2 aliphatic heterocycles. The minimum Gasteiger partial charge on any atom is -0.388 e. The quantitative estimate of drug-likeness (QED) is 0.412. The lowest BCUT2D eigenvalue weighted by Crippen LogP contribution is -2.55. The summed E-state index contributed by atoms with van der Waals surface area (Å²) in [6.45, 7) is 1.84. The van der Waals surface area contributed by atoms with E-state index in [1.54, 1.807) is 0 Å². The van der Waals surface area contributed by atoms with Crippen LogP contribution < -0.4 is 0 Å². The van der Waals surface area contributed by atoms with Crippen LogP contribution in [0.2, 0.25) is 0 Å². The zero-order valence-corrected chi connectivity index (χ0v) is 9.41. The van der Waals surface area contributed by atoms with Gasteiger partial charge in [-0.2, -0.15) is 0 Å². The van der Waals surface area contributed by atoms with Gasteiger partial charge in [-0.1, -0.05) is 16.9 Å². The molecule has 0 aliphatic carbocycles. The summed E-state index contributed by atoms with van der Waals surface area (Å²) >= 11 is 1.41. The van der Waals surface area contributed by atoms with Gasteiger partial charge in [0.1, 0.15) is 23.7 Å². The molecule has 88 valence electrons. The number of fused-ring (bicyclic) bond motifs is 1. The molecule has 0 aromatic carbocycles. The molecule has 0 radical (unpaired) electrons. The maximum absolute atomic E-state index is 9.85. The van der Waals surface area contributed by atoms with Crippen molar-refractivity contribution in [3.8, 4) is 0 Å². The fraction of sp³-hybridized carbons (Fsp3) is 0.875. The number of hydrogen-bond donors (Lipinski definition) is 2. The average molecular weight is 244 g/mol. The van der Waals surface area contributed by atoms with Crippen LogP contribution in [0.3, 0.4) is 0 Å². The Morgan fingerprint density at radius 1 is 1.56 bits per heavy atom. The zero-order chi connectivity index (χ0) is 11.7. The smallest absolute Gasteiger partial charge is 0.134 e. The molecule has 1 saturated heterocycles. The van der Waals surface area contributed by atoms with E-state index in [9.17, 15) is 10.2 Å². The second kappa shape index (κ2) is 4.60. The first-order chi connectivity index (χ1) is 7.63. The highest BCUT2D eigenvalue weighted by molar-refractivity contribution is 8.14. The molecular formula is C8H12N4O3S. The summed E-state index contributed by atoms with van der Waals surface area (Å²) in [5.74, 6) is 0. The van der Waals surface area contributed by atoms with Crippen molar-refractivity contribution in [1.82, 2.24) is 0 Å². The third-order valence-corrected chi connectivity index (χ3v) is 3.68. The van der Waals surface area contributed by atoms with E-state index in [1.807, 2.05) is 6.92 Å². The van der Waals surface area contributed by atoms with Gasteiger partial charge in [0, 0.05) is 4.91 Å². The van der Waals surface area contributed by atoms with Gasteiger partial charge < -0.3 is 14.9 Å². The highest BCUT2D eigenvalue weighted by Crippen LogP contribution is 2.36. The van der Waals surface area contributed by atoms with Crippen LogP contribution in [0, 0.1) is 0 Å². The number of rotatable bonds is 2. The van der Waals surface area contributed by atoms with Gasteiger partial charge in [-0.25, -0.2) is 0 Å². The lowest BCUT2D eigenvalue weighted by molar-refractivity contribution is -0.148. The Labute approximate surface area is 96.1 Å². The van der Waals surface area contributed by atoms with E-state index in [4.69, 9.17) is 10.3 Å². The second-order valence-electron chi connectivity index (χ2n) is 3.69. The molecule has 2 N–H and O–H groups in total. The highest BCUT2D eigenvalue weighted by atomic mass is 32.2. The van der Waals surface area contributed by atoms with Crippen LogP contribution in [0.15, 0.2) is 10.1 Å². The van der Waals surface area contributed by atoms with Crippen LogP contribution in [-0.2, 0) is 4.74 Å². The lowest BCUT2D eigenvalue weighted by Gasteiger charge is -2.37. The summed E-state index contributed by atoms with van der Waals surface area (Å²) in [7, 11) is 0. The number of nitrogens with zero attached hydrogens (tertiary/aromatic N) is 4. The molecule has 2 heterocycles. The predicted octanol–water partition coefficient (Wildman–Crippen LogP) is 0.277.